The fourth-order valence-electron chi connectivity index (χ4n) is 3.50. The Labute approximate surface area is 181 Å². The summed E-state index contributed by atoms with van der Waals surface area (Å²) in [5, 5.41) is 2.86. The van der Waals surface area contributed by atoms with Crippen molar-refractivity contribution in [2.24, 2.45) is 0 Å². The molecule has 1 fully saturated rings. The Kier molecular flexibility index (Phi) is 5.64. The van der Waals surface area contributed by atoms with Gasteiger partial charge in [-0.25, -0.2) is 0 Å². The van der Waals surface area contributed by atoms with Gasteiger partial charge in [0.25, 0.3) is 5.91 Å². The molecule has 2 amide bonds. The molecule has 0 saturated carbocycles. The van der Waals surface area contributed by atoms with Crippen LogP contribution in [0.15, 0.2) is 66.7 Å². The van der Waals surface area contributed by atoms with E-state index in [2.05, 4.69) is 31.3 Å². The summed E-state index contributed by atoms with van der Waals surface area (Å²) in [6.45, 7) is 6.12. The zero-order valence-corrected chi connectivity index (χ0v) is 18.1. The molecule has 152 valence electrons. The van der Waals surface area contributed by atoms with E-state index < -0.39 is 0 Å². The third-order valence-corrected chi connectivity index (χ3v) is 6.59. The number of benzene rings is 3. The van der Waals surface area contributed by atoms with Crippen molar-refractivity contribution in [3.8, 4) is 0 Å². The summed E-state index contributed by atoms with van der Waals surface area (Å²) < 4.78 is 0. The lowest BCUT2D eigenvalue weighted by atomic mass is 10.1. The van der Waals surface area contributed by atoms with Crippen LogP contribution in [0.2, 0.25) is 0 Å². The van der Waals surface area contributed by atoms with Gasteiger partial charge in [0, 0.05) is 16.9 Å². The van der Waals surface area contributed by atoms with Gasteiger partial charge in [0.2, 0.25) is 5.91 Å². The fourth-order valence-corrected chi connectivity index (χ4v) is 4.67. The molecule has 1 aliphatic rings. The van der Waals surface area contributed by atoms with Crippen molar-refractivity contribution in [1.82, 2.24) is 0 Å². The summed E-state index contributed by atoms with van der Waals surface area (Å²) in [4.78, 5) is 27.1. The average Bonchev–Trinajstić information content (AvgIpc) is 3.12. The highest BCUT2D eigenvalue weighted by molar-refractivity contribution is 8.00. The molecule has 0 spiro atoms. The zero-order chi connectivity index (χ0) is 21.3. The second-order valence-electron chi connectivity index (χ2n) is 7.64. The summed E-state index contributed by atoms with van der Waals surface area (Å²) in [5.41, 5.74) is 6.72. The Morgan fingerprint density at radius 1 is 0.967 bits per heavy atom. The van der Waals surface area contributed by atoms with E-state index in [0.717, 1.165) is 28.1 Å². The molecule has 4 nitrogen and oxygen atoms in total. The normalized spacial score (nSPS) is 16.0. The molecule has 0 radical (unpaired) electrons. The van der Waals surface area contributed by atoms with E-state index in [0.29, 0.717) is 11.3 Å². The smallest absolute Gasteiger partial charge is 0.255 e. The summed E-state index contributed by atoms with van der Waals surface area (Å²) in [6.07, 6.45) is 0. The number of nitrogens with one attached hydrogen (secondary N) is 1. The third-order valence-electron chi connectivity index (χ3n) is 5.38. The van der Waals surface area contributed by atoms with Crippen LogP contribution in [0.4, 0.5) is 11.4 Å². The molecular formula is C25H24N2O2S. The highest BCUT2D eigenvalue weighted by Crippen LogP contribution is 2.42. The van der Waals surface area contributed by atoms with Crippen LogP contribution in [-0.2, 0) is 4.79 Å². The lowest BCUT2D eigenvalue weighted by Crippen LogP contribution is -2.28. The molecule has 5 heteroatoms. The van der Waals surface area contributed by atoms with E-state index in [4.69, 9.17) is 0 Å². The minimum Gasteiger partial charge on any atom is -0.322 e. The van der Waals surface area contributed by atoms with E-state index >= 15 is 0 Å². The number of aryl methyl sites for hydroxylation is 3. The van der Waals surface area contributed by atoms with Gasteiger partial charge < -0.3 is 5.32 Å². The molecular weight excluding hydrogens is 392 g/mol. The molecule has 0 aliphatic carbocycles. The Bertz CT molecular complexity index is 1110. The highest BCUT2D eigenvalue weighted by atomic mass is 32.2. The van der Waals surface area contributed by atoms with Gasteiger partial charge in [-0.2, -0.15) is 0 Å². The average molecular weight is 417 g/mol. The zero-order valence-electron chi connectivity index (χ0n) is 17.3. The second-order valence-corrected chi connectivity index (χ2v) is 8.71. The first-order valence-corrected chi connectivity index (χ1v) is 11.0. The van der Waals surface area contributed by atoms with Crippen molar-refractivity contribution >= 4 is 35.0 Å². The standard InChI is InChI=1S/C25H24N2O2S/c1-16-7-10-19(11-8-16)24(29)26-21-6-4-5-20(14-21)25-27(23(28)15-30-25)22-12-9-17(2)18(3)13-22/h4-14,25H,15H2,1-3H3,(H,26,29)/t25-/m0/s1. The monoisotopic (exact) mass is 416 g/mol. The summed E-state index contributed by atoms with van der Waals surface area (Å²) >= 11 is 1.61. The third kappa shape index (κ3) is 4.12. The molecule has 1 heterocycles. The van der Waals surface area contributed by atoms with Crippen LogP contribution in [0, 0.1) is 20.8 Å². The van der Waals surface area contributed by atoms with Gasteiger partial charge in [0.15, 0.2) is 0 Å². The number of anilines is 2. The molecule has 0 aromatic heterocycles. The van der Waals surface area contributed by atoms with Gasteiger partial charge in [-0.15, -0.1) is 11.8 Å². The number of carbonyl (C=O) groups excluding carboxylic acids is 2. The predicted octanol–water partition coefficient (Wildman–Crippen LogP) is 5.64. The Morgan fingerprint density at radius 2 is 1.73 bits per heavy atom. The number of carbonyl (C=O) groups is 2. The first-order chi connectivity index (χ1) is 14.4. The van der Waals surface area contributed by atoms with E-state index in [1.807, 2.05) is 66.4 Å². The number of rotatable bonds is 4. The van der Waals surface area contributed by atoms with Crippen LogP contribution in [0.3, 0.4) is 0 Å². The predicted molar refractivity (Wildman–Crippen MR) is 124 cm³/mol. The minimum atomic E-state index is -0.145. The minimum absolute atomic E-state index is 0.0994. The van der Waals surface area contributed by atoms with E-state index in [1.165, 1.54) is 5.56 Å². The molecule has 4 rings (SSSR count). The van der Waals surface area contributed by atoms with Gasteiger partial charge in [0.1, 0.15) is 5.37 Å². The van der Waals surface area contributed by atoms with Crippen molar-refractivity contribution < 1.29 is 9.59 Å². The van der Waals surface area contributed by atoms with Gasteiger partial charge in [-0.1, -0.05) is 35.9 Å². The Hall–Kier alpha value is -3.05. The number of thioether (sulfide) groups is 1. The van der Waals surface area contributed by atoms with E-state index in [9.17, 15) is 9.59 Å². The van der Waals surface area contributed by atoms with E-state index in [-0.39, 0.29) is 17.2 Å². The van der Waals surface area contributed by atoms with Crippen LogP contribution in [0.1, 0.15) is 38.0 Å². The van der Waals surface area contributed by atoms with Crippen molar-refractivity contribution in [1.29, 1.82) is 0 Å². The maximum Gasteiger partial charge on any atom is 0.255 e. The second kappa shape index (κ2) is 8.36. The molecule has 1 N–H and O–H groups in total. The fraction of sp³-hybridized carbons (Fsp3) is 0.200. The summed E-state index contributed by atoms with van der Waals surface area (Å²) in [7, 11) is 0. The van der Waals surface area contributed by atoms with Crippen molar-refractivity contribution in [2.75, 3.05) is 16.0 Å². The lowest BCUT2D eigenvalue weighted by Gasteiger charge is -2.25. The lowest BCUT2D eigenvalue weighted by molar-refractivity contribution is -0.115. The molecule has 0 unspecified atom stereocenters. The van der Waals surface area contributed by atoms with Gasteiger partial charge >= 0.3 is 0 Å². The number of hydrogen-bond acceptors (Lipinski definition) is 3. The maximum atomic E-state index is 12.7. The van der Waals surface area contributed by atoms with Crippen molar-refractivity contribution in [3.63, 3.8) is 0 Å². The van der Waals surface area contributed by atoms with E-state index in [1.54, 1.807) is 11.8 Å². The first kappa shape index (κ1) is 20.2. The number of nitrogens with zero attached hydrogens (tertiary/aromatic N) is 1. The largest absolute Gasteiger partial charge is 0.322 e. The van der Waals surface area contributed by atoms with Gasteiger partial charge in [-0.3, -0.25) is 14.5 Å². The maximum absolute atomic E-state index is 12.7. The summed E-state index contributed by atoms with van der Waals surface area (Å²) in [6, 6.07) is 21.4. The van der Waals surface area contributed by atoms with Crippen LogP contribution in [0.25, 0.3) is 0 Å². The summed E-state index contributed by atoms with van der Waals surface area (Å²) in [5.74, 6) is 0.396. The van der Waals surface area contributed by atoms with Gasteiger partial charge in [-0.05, 0) is 73.9 Å². The Morgan fingerprint density at radius 3 is 2.47 bits per heavy atom. The molecule has 0 bridgehead atoms. The van der Waals surface area contributed by atoms with Crippen molar-refractivity contribution in [2.45, 2.75) is 26.1 Å². The van der Waals surface area contributed by atoms with Crippen molar-refractivity contribution in [3.05, 3.63) is 94.5 Å². The molecule has 1 aliphatic heterocycles. The van der Waals surface area contributed by atoms with Crippen LogP contribution in [-0.4, -0.2) is 17.6 Å². The van der Waals surface area contributed by atoms with Crippen LogP contribution in [0.5, 0.6) is 0 Å². The SMILES string of the molecule is Cc1ccc(C(=O)Nc2cccc([C@@H]3SCC(=O)N3c3ccc(C)c(C)c3)c2)cc1. The first-order valence-electron chi connectivity index (χ1n) is 9.91. The quantitative estimate of drug-likeness (QED) is 0.598. The molecule has 30 heavy (non-hydrogen) atoms. The molecule has 1 atom stereocenters. The molecule has 3 aromatic rings. The van der Waals surface area contributed by atoms with Crippen LogP contribution >= 0.6 is 11.8 Å². The molecule has 1 saturated heterocycles. The Balaban J connectivity index is 1.59. The topological polar surface area (TPSA) is 49.4 Å². The van der Waals surface area contributed by atoms with Gasteiger partial charge in [0.05, 0.1) is 5.75 Å². The number of hydrogen-bond donors (Lipinski definition) is 1. The highest BCUT2D eigenvalue weighted by Gasteiger charge is 2.34. The number of amides is 2. The molecule has 3 aromatic carbocycles. The van der Waals surface area contributed by atoms with Crippen LogP contribution < -0.4 is 10.2 Å².